The van der Waals surface area contributed by atoms with Gasteiger partial charge in [0.15, 0.2) is 5.78 Å². The summed E-state index contributed by atoms with van der Waals surface area (Å²) in [4.78, 5) is 46.3. The molecular formula is C46H38N2O3. The van der Waals surface area contributed by atoms with Crippen LogP contribution in [-0.4, -0.2) is 53.6 Å². The first-order valence-electron chi connectivity index (χ1n) is 17.2. The number of amides is 2. The van der Waals surface area contributed by atoms with Crippen molar-refractivity contribution in [2.75, 3.05) is 26.2 Å². The summed E-state index contributed by atoms with van der Waals surface area (Å²) < 4.78 is 0. The number of rotatable bonds is 6. The van der Waals surface area contributed by atoms with E-state index in [9.17, 15) is 14.4 Å². The van der Waals surface area contributed by atoms with Crippen LogP contribution in [0, 0.1) is 0 Å². The number of benzene rings is 5. The van der Waals surface area contributed by atoms with Crippen molar-refractivity contribution in [1.29, 1.82) is 0 Å². The summed E-state index contributed by atoms with van der Waals surface area (Å²) in [6, 6.07) is 46.6. The normalized spacial score (nSPS) is 18.1. The second kappa shape index (κ2) is 15.5. The standard InChI is InChI=1S/C46H38N2O3/c49-44-40(28-36-19-9-3-10-20-36)32-48(33-41(44)29-37-21-11-4-12-22-37)46(51)43-24-14-13-23-42(43)45(50)47-30-38(25-34-15-5-1-6-16-34)27-39(31-47)26-35-17-7-2-8-18-35/h1-26,28-29H,27,30-33H2/b38-25-,39-26-,40-28+,41-29+. The molecule has 0 spiro atoms. The highest BCUT2D eigenvalue weighted by atomic mass is 16.2. The fraction of sp³-hybridized carbons (Fsp3) is 0.109. The largest absolute Gasteiger partial charge is 0.331 e. The van der Waals surface area contributed by atoms with E-state index in [2.05, 4.69) is 36.4 Å². The Labute approximate surface area is 299 Å². The highest BCUT2D eigenvalue weighted by Gasteiger charge is 2.33. The van der Waals surface area contributed by atoms with Crippen molar-refractivity contribution in [2.45, 2.75) is 6.42 Å². The number of ketones is 1. The molecule has 250 valence electrons. The van der Waals surface area contributed by atoms with E-state index in [0.717, 1.165) is 39.8 Å². The summed E-state index contributed by atoms with van der Waals surface area (Å²) in [5, 5.41) is 0. The predicted molar refractivity (Wildman–Crippen MR) is 206 cm³/mol. The number of hydrogen-bond donors (Lipinski definition) is 0. The van der Waals surface area contributed by atoms with Gasteiger partial charge in [-0.15, -0.1) is 0 Å². The zero-order valence-corrected chi connectivity index (χ0v) is 28.3. The Morgan fingerprint density at radius 2 is 0.725 bits per heavy atom. The molecule has 2 heterocycles. The van der Waals surface area contributed by atoms with Gasteiger partial charge in [-0.05, 0) is 64.1 Å². The number of carbonyl (C=O) groups is 3. The van der Waals surface area contributed by atoms with Crippen LogP contribution in [0.25, 0.3) is 24.3 Å². The van der Waals surface area contributed by atoms with Crippen LogP contribution in [0.3, 0.4) is 0 Å². The summed E-state index contributed by atoms with van der Waals surface area (Å²) in [5.41, 5.74) is 7.87. The predicted octanol–water partition coefficient (Wildman–Crippen LogP) is 8.89. The Hall–Kier alpha value is -6.33. The molecule has 2 amide bonds. The summed E-state index contributed by atoms with van der Waals surface area (Å²) in [6.07, 6.45) is 8.77. The van der Waals surface area contributed by atoms with E-state index in [4.69, 9.17) is 0 Å². The van der Waals surface area contributed by atoms with Gasteiger partial charge < -0.3 is 9.80 Å². The lowest BCUT2D eigenvalue weighted by Gasteiger charge is -2.33. The molecule has 51 heavy (non-hydrogen) atoms. The van der Waals surface area contributed by atoms with Gasteiger partial charge in [0.25, 0.3) is 11.8 Å². The lowest BCUT2D eigenvalue weighted by atomic mass is 9.92. The highest BCUT2D eigenvalue weighted by Crippen LogP contribution is 2.29. The first-order valence-corrected chi connectivity index (χ1v) is 17.2. The maximum atomic E-state index is 14.5. The fourth-order valence-corrected chi connectivity index (χ4v) is 6.74. The van der Waals surface area contributed by atoms with Gasteiger partial charge in [0.1, 0.15) is 0 Å². The second-order valence-electron chi connectivity index (χ2n) is 13.0. The van der Waals surface area contributed by atoms with Crippen LogP contribution in [0.2, 0.25) is 0 Å². The van der Waals surface area contributed by atoms with Crippen molar-refractivity contribution in [1.82, 2.24) is 9.80 Å². The smallest absolute Gasteiger partial charge is 0.255 e. The minimum Gasteiger partial charge on any atom is -0.331 e. The number of carbonyl (C=O) groups excluding carboxylic acids is 3. The molecule has 0 aromatic heterocycles. The highest BCUT2D eigenvalue weighted by molar-refractivity contribution is 6.16. The molecule has 0 bridgehead atoms. The maximum Gasteiger partial charge on any atom is 0.255 e. The number of Topliss-reactive ketones (excluding diaryl/α,β-unsaturated/α-hetero) is 1. The third kappa shape index (κ3) is 8.11. The Balaban J connectivity index is 1.21. The van der Waals surface area contributed by atoms with Crippen molar-refractivity contribution in [2.24, 2.45) is 0 Å². The van der Waals surface area contributed by atoms with Crippen LogP contribution in [0.4, 0.5) is 0 Å². The minimum absolute atomic E-state index is 0.0834. The van der Waals surface area contributed by atoms with Gasteiger partial charge in [0, 0.05) is 24.2 Å². The van der Waals surface area contributed by atoms with Crippen molar-refractivity contribution < 1.29 is 14.4 Å². The van der Waals surface area contributed by atoms with Crippen LogP contribution < -0.4 is 0 Å². The molecule has 0 radical (unpaired) electrons. The maximum absolute atomic E-state index is 14.5. The molecule has 7 rings (SSSR count). The molecule has 5 aromatic rings. The van der Waals surface area contributed by atoms with Crippen LogP contribution in [0.1, 0.15) is 49.4 Å². The fourth-order valence-electron chi connectivity index (χ4n) is 6.74. The Morgan fingerprint density at radius 1 is 0.412 bits per heavy atom. The second-order valence-corrected chi connectivity index (χ2v) is 13.0. The number of hydrogen-bond acceptors (Lipinski definition) is 3. The van der Waals surface area contributed by atoms with Crippen molar-refractivity contribution >= 4 is 41.9 Å². The first-order chi connectivity index (χ1) is 25.0. The quantitative estimate of drug-likeness (QED) is 0.170. The van der Waals surface area contributed by atoms with Gasteiger partial charge in [-0.3, -0.25) is 14.4 Å². The van der Waals surface area contributed by atoms with Gasteiger partial charge >= 0.3 is 0 Å². The lowest BCUT2D eigenvalue weighted by Crippen LogP contribution is -2.43. The molecule has 2 saturated heterocycles. The zero-order chi connectivity index (χ0) is 35.0. The first kappa shape index (κ1) is 33.2. The number of nitrogens with zero attached hydrogens (tertiary/aromatic N) is 2. The lowest BCUT2D eigenvalue weighted by molar-refractivity contribution is -0.113. The van der Waals surface area contributed by atoms with Crippen molar-refractivity contribution in [3.05, 3.63) is 201 Å². The van der Waals surface area contributed by atoms with E-state index in [1.807, 2.05) is 114 Å². The number of piperidine rings is 2. The third-order valence-corrected chi connectivity index (χ3v) is 9.13. The van der Waals surface area contributed by atoms with E-state index >= 15 is 0 Å². The molecule has 2 fully saturated rings. The van der Waals surface area contributed by atoms with Gasteiger partial charge in [0.2, 0.25) is 0 Å². The zero-order valence-electron chi connectivity index (χ0n) is 28.3. The average Bonchev–Trinajstić information content (AvgIpc) is 3.17. The molecule has 0 unspecified atom stereocenters. The summed E-state index contributed by atoms with van der Waals surface area (Å²) in [7, 11) is 0. The SMILES string of the molecule is O=C1/C(=C/c2ccccc2)CN(C(=O)c2ccccc2C(=O)N2C/C(=C\c3ccccc3)C/C(=C/c3ccccc3)C2)C/C1=C\c1ccccc1. The molecular weight excluding hydrogens is 629 g/mol. The van der Waals surface area contributed by atoms with Gasteiger partial charge in [-0.2, -0.15) is 0 Å². The Kier molecular flexibility index (Phi) is 10.1. The molecule has 2 aliphatic rings. The Bertz CT molecular complexity index is 2050. The molecule has 5 heteroatoms. The topological polar surface area (TPSA) is 57.7 Å². The van der Waals surface area contributed by atoms with Gasteiger partial charge in [-0.1, -0.05) is 146 Å². The van der Waals surface area contributed by atoms with Crippen LogP contribution in [-0.2, 0) is 4.79 Å². The minimum atomic E-state index is -0.290. The summed E-state index contributed by atoms with van der Waals surface area (Å²) in [6.45, 7) is 1.18. The van der Waals surface area contributed by atoms with E-state index in [-0.39, 0.29) is 30.7 Å². The van der Waals surface area contributed by atoms with E-state index in [1.165, 1.54) is 0 Å². The van der Waals surface area contributed by atoms with E-state index in [0.29, 0.717) is 35.4 Å². The van der Waals surface area contributed by atoms with Gasteiger partial charge in [0.05, 0.1) is 24.2 Å². The van der Waals surface area contributed by atoms with E-state index < -0.39 is 0 Å². The van der Waals surface area contributed by atoms with Crippen LogP contribution in [0.15, 0.2) is 168 Å². The third-order valence-electron chi connectivity index (χ3n) is 9.13. The molecule has 2 aliphatic heterocycles. The molecule has 0 atom stereocenters. The van der Waals surface area contributed by atoms with E-state index in [1.54, 1.807) is 29.2 Å². The molecule has 0 N–H and O–H groups in total. The average molecular weight is 667 g/mol. The number of likely N-dealkylation sites (tertiary alicyclic amines) is 2. The molecule has 5 nitrogen and oxygen atoms in total. The van der Waals surface area contributed by atoms with Crippen LogP contribution >= 0.6 is 0 Å². The molecule has 0 saturated carbocycles. The van der Waals surface area contributed by atoms with Crippen LogP contribution in [0.5, 0.6) is 0 Å². The molecule has 5 aromatic carbocycles. The van der Waals surface area contributed by atoms with Gasteiger partial charge in [-0.25, -0.2) is 0 Å². The van der Waals surface area contributed by atoms with Crippen molar-refractivity contribution in [3.63, 3.8) is 0 Å². The Morgan fingerprint density at radius 3 is 1.10 bits per heavy atom. The molecule has 0 aliphatic carbocycles. The van der Waals surface area contributed by atoms with Crippen molar-refractivity contribution in [3.8, 4) is 0 Å². The summed E-state index contributed by atoms with van der Waals surface area (Å²) >= 11 is 0. The monoisotopic (exact) mass is 666 g/mol. The summed E-state index contributed by atoms with van der Waals surface area (Å²) in [5.74, 6) is -0.578.